The quantitative estimate of drug-likeness (QED) is 0.345. The Morgan fingerprint density at radius 2 is 1.56 bits per heavy atom. The predicted molar refractivity (Wildman–Crippen MR) is 139 cm³/mol. The van der Waals surface area contributed by atoms with Gasteiger partial charge in [0.15, 0.2) is 0 Å². The monoisotopic (exact) mass is 469 g/mol. The molecule has 5 rings (SSSR count). The van der Waals surface area contributed by atoms with E-state index in [0.29, 0.717) is 34.6 Å². The number of fused-ring (bicyclic) bond motifs is 7. The second-order valence-electron chi connectivity index (χ2n) is 14.8. The van der Waals surface area contributed by atoms with Crippen LogP contribution in [-0.4, -0.2) is 19.1 Å². The number of allylic oxidation sites excluding steroid dienone is 1. The number of carbonyl (C=O) groups excluding carboxylic acids is 1. The lowest BCUT2D eigenvalue weighted by atomic mass is 9.32. The van der Waals surface area contributed by atoms with Gasteiger partial charge in [-0.1, -0.05) is 46.8 Å². The predicted octanol–water partition coefficient (Wildman–Crippen LogP) is 7.14. The summed E-state index contributed by atoms with van der Waals surface area (Å²) in [6.07, 6.45) is 11.9. The molecular weight excluding hydrogens is 418 g/mol. The van der Waals surface area contributed by atoms with E-state index < -0.39 is 0 Å². The fraction of sp³-hybridized carbons (Fsp3) is 0.903. The number of hydrogen-bond donors (Lipinski definition) is 1. The van der Waals surface area contributed by atoms with Crippen LogP contribution in [0.1, 0.15) is 106 Å². The minimum Gasteiger partial charge on any atom is -0.469 e. The number of rotatable bonds is 2. The summed E-state index contributed by atoms with van der Waals surface area (Å²) < 4.78 is 5.51. The lowest BCUT2D eigenvalue weighted by Crippen LogP contribution is -2.67. The zero-order valence-electron chi connectivity index (χ0n) is 23.1. The van der Waals surface area contributed by atoms with Crippen molar-refractivity contribution in [2.75, 3.05) is 7.11 Å². The highest BCUT2D eigenvalue weighted by molar-refractivity contribution is 5.78. The number of carbonyl (C=O) groups is 1. The van der Waals surface area contributed by atoms with Gasteiger partial charge in [0.25, 0.3) is 0 Å². The third-order valence-corrected chi connectivity index (χ3v) is 13.8. The van der Waals surface area contributed by atoms with Crippen molar-refractivity contribution in [3.8, 4) is 0 Å². The number of esters is 1. The van der Waals surface area contributed by atoms with Crippen molar-refractivity contribution in [1.29, 1.82) is 0 Å². The van der Waals surface area contributed by atoms with Gasteiger partial charge in [-0.3, -0.25) is 4.79 Å². The minimum absolute atomic E-state index is 0.0641. The average Bonchev–Trinajstić information content (AvgIpc) is 3.18. The van der Waals surface area contributed by atoms with Gasteiger partial charge >= 0.3 is 5.97 Å². The van der Waals surface area contributed by atoms with E-state index in [1.165, 1.54) is 50.5 Å². The van der Waals surface area contributed by atoms with Gasteiger partial charge in [-0.05, 0) is 122 Å². The van der Waals surface area contributed by atoms with Crippen LogP contribution in [0, 0.1) is 56.7 Å². The van der Waals surface area contributed by atoms with Crippen LogP contribution in [-0.2, 0) is 9.53 Å². The van der Waals surface area contributed by atoms with E-state index in [1.807, 2.05) is 0 Å². The molecular formula is C31H51NO2. The Morgan fingerprint density at radius 1 is 0.853 bits per heavy atom. The van der Waals surface area contributed by atoms with E-state index in [9.17, 15) is 4.79 Å². The molecule has 0 aromatic heterocycles. The average molecular weight is 470 g/mol. The summed E-state index contributed by atoms with van der Waals surface area (Å²) in [6.45, 7) is 19.5. The molecule has 34 heavy (non-hydrogen) atoms. The summed E-state index contributed by atoms with van der Waals surface area (Å²) in [5.41, 5.74) is 8.90. The fourth-order valence-corrected chi connectivity index (χ4v) is 11.7. The third-order valence-electron chi connectivity index (χ3n) is 13.8. The SMILES string of the molecule is C=C(C)[C@@H]1CC[C@]2(C(=O)OC)CC[C@]3(C)[C@H](CC[C@@H]4[C@@]5(C)CC[C@H](N)C(C)(C)[C@@H]5CC[C@]43C)[C@@H]12. The van der Waals surface area contributed by atoms with Crippen molar-refractivity contribution in [3.05, 3.63) is 12.2 Å². The summed E-state index contributed by atoms with van der Waals surface area (Å²) in [6, 6.07) is 0.326. The molecule has 0 unspecified atom stereocenters. The summed E-state index contributed by atoms with van der Waals surface area (Å²) in [5, 5.41) is 0. The van der Waals surface area contributed by atoms with Gasteiger partial charge < -0.3 is 10.5 Å². The molecule has 0 aromatic rings. The number of ether oxygens (including phenoxy) is 1. The summed E-state index contributed by atoms with van der Waals surface area (Å²) >= 11 is 0. The van der Waals surface area contributed by atoms with Crippen molar-refractivity contribution in [2.45, 2.75) is 112 Å². The van der Waals surface area contributed by atoms with Gasteiger partial charge in [0.1, 0.15) is 0 Å². The van der Waals surface area contributed by atoms with Gasteiger partial charge in [-0.15, -0.1) is 0 Å². The normalized spacial score (nSPS) is 53.6. The third kappa shape index (κ3) is 2.83. The number of methoxy groups -OCH3 is 1. The van der Waals surface area contributed by atoms with Crippen LogP contribution < -0.4 is 5.73 Å². The first-order chi connectivity index (χ1) is 15.8. The molecule has 0 aromatic carbocycles. The zero-order chi connectivity index (χ0) is 24.9. The van der Waals surface area contributed by atoms with Crippen LogP contribution >= 0.6 is 0 Å². The molecule has 0 aliphatic heterocycles. The Balaban J connectivity index is 1.56. The van der Waals surface area contributed by atoms with Crippen LogP contribution in [0.25, 0.3) is 0 Å². The highest BCUT2D eigenvalue weighted by Gasteiger charge is 2.72. The van der Waals surface area contributed by atoms with Crippen molar-refractivity contribution in [2.24, 2.45) is 62.4 Å². The summed E-state index contributed by atoms with van der Waals surface area (Å²) in [5.74, 6) is 2.98. The van der Waals surface area contributed by atoms with Crippen LogP contribution in [0.3, 0.4) is 0 Å². The highest BCUT2D eigenvalue weighted by atomic mass is 16.5. The second-order valence-corrected chi connectivity index (χ2v) is 14.8. The van der Waals surface area contributed by atoms with E-state index in [0.717, 1.165) is 31.1 Å². The zero-order valence-corrected chi connectivity index (χ0v) is 23.1. The van der Waals surface area contributed by atoms with Gasteiger partial charge in [-0.25, -0.2) is 0 Å². The van der Waals surface area contributed by atoms with Gasteiger partial charge in [0.2, 0.25) is 0 Å². The molecule has 0 spiro atoms. The minimum atomic E-state index is -0.285. The Kier molecular flexibility index (Phi) is 5.55. The Hall–Kier alpha value is -0.830. The summed E-state index contributed by atoms with van der Waals surface area (Å²) in [7, 11) is 1.60. The largest absolute Gasteiger partial charge is 0.469 e. The highest BCUT2D eigenvalue weighted by Crippen LogP contribution is 2.77. The molecule has 0 bridgehead atoms. The number of hydrogen-bond acceptors (Lipinski definition) is 3. The standard InChI is InChI=1S/C31H51NO2/c1-19(2)20-11-16-31(26(33)34-8)18-17-29(6)21(25(20)31)9-10-23-28(5)14-13-24(32)27(3,4)22(28)12-15-30(23,29)7/h20-25H,1,9-18,32H2,2-8H3/t20-,21+,22-,23+,24-,25+,28-,29+,30+,31-/m0/s1. The summed E-state index contributed by atoms with van der Waals surface area (Å²) in [4.78, 5) is 13.4. The molecule has 2 N–H and O–H groups in total. The molecule has 3 nitrogen and oxygen atoms in total. The van der Waals surface area contributed by atoms with Crippen LogP contribution in [0.15, 0.2) is 12.2 Å². The van der Waals surface area contributed by atoms with Crippen molar-refractivity contribution >= 4 is 5.97 Å². The molecule has 10 atom stereocenters. The molecule has 5 fully saturated rings. The molecule has 0 heterocycles. The molecule has 192 valence electrons. The van der Waals surface area contributed by atoms with E-state index >= 15 is 0 Å². The molecule has 5 aliphatic rings. The van der Waals surface area contributed by atoms with E-state index in [1.54, 1.807) is 7.11 Å². The van der Waals surface area contributed by atoms with Crippen molar-refractivity contribution in [1.82, 2.24) is 0 Å². The maximum Gasteiger partial charge on any atom is 0.312 e. The van der Waals surface area contributed by atoms with Crippen molar-refractivity contribution < 1.29 is 9.53 Å². The first-order valence-corrected chi connectivity index (χ1v) is 14.3. The molecule has 5 aliphatic carbocycles. The first kappa shape index (κ1) is 24.8. The van der Waals surface area contributed by atoms with Crippen LogP contribution in [0.4, 0.5) is 0 Å². The van der Waals surface area contributed by atoms with Crippen molar-refractivity contribution in [3.63, 3.8) is 0 Å². The maximum absolute atomic E-state index is 13.4. The molecule has 0 saturated heterocycles. The number of nitrogens with two attached hydrogens (primary N) is 1. The van der Waals surface area contributed by atoms with E-state index in [2.05, 4.69) is 48.1 Å². The smallest absolute Gasteiger partial charge is 0.312 e. The van der Waals surface area contributed by atoms with Crippen LogP contribution in [0.2, 0.25) is 0 Å². The molecule has 3 heteroatoms. The first-order valence-electron chi connectivity index (χ1n) is 14.3. The fourth-order valence-electron chi connectivity index (χ4n) is 11.7. The Morgan fingerprint density at radius 3 is 2.21 bits per heavy atom. The Labute approximate surface area is 209 Å². The Bertz CT molecular complexity index is 879. The lowest BCUT2D eigenvalue weighted by molar-refractivity contribution is -0.239. The van der Waals surface area contributed by atoms with Gasteiger partial charge in [0.05, 0.1) is 12.5 Å². The van der Waals surface area contributed by atoms with Gasteiger partial charge in [0, 0.05) is 6.04 Å². The molecule has 0 amide bonds. The topological polar surface area (TPSA) is 52.3 Å². The van der Waals surface area contributed by atoms with E-state index in [4.69, 9.17) is 10.5 Å². The van der Waals surface area contributed by atoms with Crippen LogP contribution in [0.5, 0.6) is 0 Å². The molecule has 0 radical (unpaired) electrons. The van der Waals surface area contributed by atoms with E-state index in [-0.39, 0.29) is 22.2 Å². The maximum atomic E-state index is 13.4. The van der Waals surface area contributed by atoms with Gasteiger partial charge in [-0.2, -0.15) is 0 Å². The molecule has 5 saturated carbocycles. The second kappa shape index (κ2) is 7.59. The lowest BCUT2D eigenvalue weighted by Gasteiger charge is -2.72.